The van der Waals surface area contributed by atoms with Gasteiger partial charge in [0, 0.05) is 32.2 Å². The fourth-order valence-corrected chi connectivity index (χ4v) is 2.99. The van der Waals surface area contributed by atoms with E-state index in [0.29, 0.717) is 26.2 Å². The molecule has 148 valence electrons. The van der Waals surface area contributed by atoms with E-state index in [2.05, 4.69) is 10.1 Å². The Hall–Kier alpha value is -2.61. The second kappa shape index (κ2) is 9.91. The maximum absolute atomic E-state index is 12.5. The van der Waals surface area contributed by atoms with Crippen molar-refractivity contribution in [2.24, 2.45) is 0 Å². The normalized spacial score (nSPS) is 17.1. The fourth-order valence-electron chi connectivity index (χ4n) is 2.99. The smallest absolute Gasteiger partial charge is 0.325 e. The van der Waals surface area contributed by atoms with Crippen LogP contribution in [0.2, 0.25) is 0 Å². The first kappa shape index (κ1) is 20.7. The Kier molecular flexibility index (Phi) is 7.60. The molecule has 0 aromatic heterocycles. The predicted molar refractivity (Wildman–Crippen MR) is 99.1 cm³/mol. The van der Waals surface area contributed by atoms with E-state index in [4.69, 9.17) is 4.74 Å². The van der Waals surface area contributed by atoms with Crippen molar-refractivity contribution in [3.8, 4) is 5.75 Å². The zero-order valence-electron chi connectivity index (χ0n) is 16.1. The van der Waals surface area contributed by atoms with Gasteiger partial charge in [-0.2, -0.15) is 0 Å². The number of hydrogen-bond donors (Lipinski definition) is 1. The van der Waals surface area contributed by atoms with Crippen LogP contribution in [-0.2, 0) is 25.7 Å². The fraction of sp³-hybridized carbons (Fsp3) is 0.526. The van der Waals surface area contributed by atoms with E-state index in [1.807, 2.05) is 36.1 Å². The zero-order chi connectivity index (χ0) is 19.8. The van der Waals surface area contributed by atoms with Crippen molar-refractivity contribution in [1.82, 2.24) is 15.1 Å². The van der Waals surface area contributed by atoms with E-state index >= 15 is 0 Å². The summed E-state index contributed by atoms with van der Waals surface area (Å²) < 4.78 is 10.2. The Morgan fingerprint density at radius 1 is 1.33 bits per heavy atom. The van der Waals surface area contributed by atoms with Crippen molar-refractivity contribution in [3.05, 3.63) is 29.8 Å². The molecule has 1 aliphatic heterocycles. The number of esters is 1. The number of carbonyl (C=O) groups excluding carboxylic acids is 3. The number of benzene rings is 1. The molecule has 27 heavy (non-hydrogen) atoms. The molecular weight excluding hydrogens is 350 g/mol. The van der Waals surface area contributed by atoms with Crippen LogP contribution in [0, 0.1) is 0 Å². The molecule has 1 fully saturated rings. The van der Waals surface area contributed by atoms with Crippen molar-refractivity contribution in [1.29, 1.82) is 0 Å². The number of nitrogens with zero attached hydrogens (tertiary/aromatic N) is 2. The Labute approximate surface area is 159 Å². The van der Waals surface area contributed by atoms with Crippen LogP contribution in [0.1, 0.15) is 18.9 Å². The van der Waals surface area contributed by atoms with E-state index in [9.17, 15) is 14.4 Å². The van der Waals surface area contributed by atoms with Crippen LogP contribution in [-0.4, -0.2) is 74.0 Å². The largest absolute Gasteiger partial charge is 0.494 e. The van der Waals surface area contributed by atoms with Gasteiger partial charge in [0.1, 0.15) is 12.3 Å². The van der Waals surface area contributed by atoms with Gasteiger partial charge in [-0.15, -0.1) is 0 Å². The summed E-state index contributed by atoms with van der Waals surface area (Å²) in [6.45, 7) is 3.99. The molecule has 1 aromatic carbocycles. The van der Waals surface area contributed by atoms with Gasteiger partial charge < -0.3 is 19.7 Å². The van der Waals surface area contributed by atoms with Gasteiger partial charge in [0.05, 0.1) is 26.2 Å². The van der Waals surface area contributed by atoms with Crippen molar-refractivity contribution >= 4 is 17.8 Å². The maximum atomic E-state index is 12.5. The number of ether oxygens (including phenoxy) is 2. The second-order valence-electron chi connectivity index (χ2n) is 6.35. The van der Waals surface area contributed by atoms with Crippen molar-refractivity contribution in [2.75, 3.05) is 40.4 Å². The molecule has 2 amide bonds. The highest BCUT2D eigenvalue weighted by molar-refractivity contribution is 5.90. The Bertz CT molecular complexity index is 679. The Morgan fingerprint density at radius 3 is 2.78 bits per heavy atom. The van der Waals surface area contributed by atoms with Gasteiger partial charge in [0.25, 0.3) is 0 Å². The van der Waals surface area contributed by atoms with Crippen LogP contribution in [0.25, 0.3) is 0 Å². The summed E-state index contributed by atoms with van der Waals surface area (Å²) in [4.78, 5) is 39.5. The van der Waals surface area contributed by atoms with Crippen LogP contribution in [0.3, 0.4) is 0 Å². The molecule has 1 aromatic rings. The summed E-state index contributed by atoms with van der Waals surface area (Å²) in [5.74, 6) is -0.194. The van der Waals surface area contributed by atoms with Gasteiger partial charge in [-0.25, -0.2) is 0 Å². The van der Waals surface area contributed by atoms with Crippen molar-refractivity contribution in [2.45, 2.75) is 25.9 Å². The molecule has 8 heteroatoms. The molecule has 1 aliphatic rings. The first-order valence-electron chi connectivity index (χ1n) is 8.99. The third kappa shape index (κ3) is 5.68. The van der Waals surface area contributed by atoms with Crippen LogP contribution in [0.4, 0.5) is 0 Å². The molecule has 2 rings (SSSR count). The second-order valence-corrected chi connectivity index (χ2v) is 6.35. The molecule has 1 atom stereocenters. The number of para-hydroxylation sites is 1. The van der Waals surface area contributed by atoms with Gasteiger partial charge in [0.2, 0.25) is 11.8 Å². The van der Waals surface area contributed by atoms with Gasteiger partial charge >= 0.3 is 5.97 Å². The molecule has 0 bridgehead atoms. The van der Waals surface area contributed by atoms with Crippen LogP contribution in [0.5, 0.6) is 5.75 Å². The number of amides is 2. The number of carbonyl (C=O) groups is 3. The topological polar surface area (TPSA) is 88.2 Å². The lowest BCUT2D eigenvalue weighted by Crippen LogP contribution is -2.56. The summed E-state index contributed by atoms with van der Waals surface area (Å²) in [5, 5.41) is 2.81. The predicted octanol–water partition coefficient (Wildman–Crippen LogP) is 0.407. The quantitative estimate of drug-likeness (QED) is 0.660. The van der Waals surface area contributed by atoms with E-state index in [-0.39, 0.29) is 24.8 Å². The van der Waals surface area contributed by atoms with Crippen molar-refractivity contribution in [3.63, 3.8) is 0 Å². The molecule has 8 nitrogen and oxygen atoms in total. The zero-order valence-corrected chi connectivity index (χ0v) is 16.1. The van der Waals surface area contributed by atoms with E-state index < -0.39 is 12.0 Å². The van der Waals surface area contributed by atoms with Crippen LogP contribution >= 0.6 is 0 Å². The third-order valence-electron chi connectivity index (χ3n) is 4.48. The van der Waals surface area contributed by atoms with Gasteiger partial charge in [0.15, 0.2) is 0 Å². The lowest BCUT2D eigenvalue weighted by molar-refractivity contribution is -0.147. The highest BCUT2D eigenvalue weighted by Gasteiger charge is 2.33. The lowest BCUT2D eigenvalue weighted by atomic mass is 10.1. The number of hydrogen-bond acceptors (Lipinski definition) is 6. The monoisotopic (exact) mass is 377 g/mol. The standard InChI is InChI=1S/C19H27N3O5/c1-4-27-16-8-6-5-7-14(16)12-22-10-9-20-19(25)15(22)11-17(23)21(2)13-18(24)26-3/h5-8,15H,4,9-13H2,1-3H3,(H,20,25)/t15-/m1/s1. The number of nitrogens with one attached hydrogen (secondary N) is 1. The number of methoxy groups -OCH3 is 1. The Morgan fingerprint density at radius 2 is 2.07 bits per heavy atom. The average molecular weight is 377 g/mol. The van der Waals surface area contributed by atoms with Crippen LogP contribution in [0.15, 0.2) is 24.3 Å². The van der Waals surface area contributed by atoms with Gasteiger partial charge in [-0.3, -0.25) is 19.3 Å². The minimum absolute atomic E-state index is 0.00384. The molecular formula is C19H27N3O5. The van der Waals surface area contributed by atoms with E-state index in [1.165, 1.54) is 19.1 Å². The molecule has 0 saturated carbocycles. The molecule has 1 heterocycles. The summed E-state index contributed by atoms with van der Waals surface area (Å²) in [7, 11) is 2.79. The first-order chi connectivity index (χ1) is 13.0. The van der Waals surface area contributed by atoms with E-state index in [0.717, 1.165) is 11.3 Å². The minimum Gasteiger partial charge on any atom is -0.494 e. The minimum atomic E-state index is -0.596. The van der Waals surface area contributed by atoms with Gasteiger partial charge in [-0.1, -0.05) is 18.2 Å². The summed E-state index contributed by atoms with van der Waals surface area (Å²) in [6, 6.07) is 7.08. The number of rotatable bonds is 8. The Balaban J connectivity index is 2.09. The van der Waals surface area contributed by atoms with Crippen molar-refractivity contribution < 1.29 is 23.9 Å². The summed E-state index contributed by atoms with van der Waals surface area (Å²) in [5.41, 5.74) is 0.967. The molecule has 0 unspecified atom stereocenters. The highest BCUT2D eigenvalue weighted by atomic mass is 16.5. The summed E-state index contributed by atoms with van der Waals surface area (Å²) >= 11 is 0. The van der Waals surface area contributed by atoms with Crippen LogP contribution < -0.4 is 10.1 Å². The molecule has 1 saturated heterocycles. The third-order valence-corrected chi connectivity index (χ3v) is 4.48. The maximum Gasteiger partial charge on any atom is 0.325 e. The SMILES string of the molecule is CCOc1ccccc1CN1CCNC(=O)[C@H]1CC(=O)N(C)CC(=O)OC. The average Bonchev–Trinajstić information content (AvgIpc) is 2.65. The van der Waals surface area contributed by atoms with E-state index in [1.54, 1.807) is 0 Å². The molecule has 1 N–H and O–H groups in total. The molecule has 0 spiro atoms. The summed E-state index contributed by atoms with van der Waals surface area (Å²) in [6.07, 6.45) is -0.00384. The lowest BCUT2D eigenvalue weighted by Gasteiger charge is -2.35. The molecule has 0 radical (unpaired) electrons. The number of piperazine rings is 1. The highest BCUT2D eigenvalue weighted by Crippen LogP contribution is 2.22. The number of likely N-dealkylation sites (N-methyl/N-ethyl adjacent to an activating group) is 1. The van der Waals surface area contributed by atoms with Gasteiger partial charge in [-0.05, 0) is 13.0 Å². The molecule has 0 aliphatic carbocycles. The first-order valence-corrected chi connectivity index (χ1v) is 8.99.